The summed E-state index contributed by atoms with van der Waals surface area (Å²) in [6, 6.07) is 12.8. The summed E-state index contributed by atoms with van der Waals surface area (Å²) in [4.78, 5) is 4.11. The van der Waals surface area contributed by atoms with Crippen molar-refractivity contribution < 1.29 is 13.2 Å². The number of alkyl halides is 3. The third-order valence-corrected chi connectivity index (χ3v) is 5.94. The second-order valence-corrected chi connectivity index (χ2v) is 8.69. The molecule has 1 aromatic heterocycles. The lowest BCUT2D eigenvalue weighted by molar-refractivity contribution is -0.137. The van der Waals surface area contributed by atoms with E-state index >= 15 is 0 Å². The first-order valence-electron chi connectivity index (χ1n) is 11.7. The quantitative estimate of drug-likeness (QED) is 0.224. The van der Waals surface area contributed by atoms with Gasteiger partial charge in [-0.3, -0.25) is 0 Å². The lowest BCUT2D eigenvalue weighted by Gasteiger charge is -2.08. The number of benzene rings is 2. The molecule has 0 radical (unpaired) electrons. The van der Waals surface area contributed by atoms with Crippen LogP contribution in [0.5, 0.6) is 0 Å². The zero-order chi connectivity index (χ0) is 24.1. The van der Waals surface area contributed by atoms with Gasteiger partial charge in [-0.1, -0.05) is 98.1 Å². The fourth-order valence-electron chi connectivity index (χ4n) is 3.57. The number of hydrogen-bond acceptors (Lipinski definition) is 1. The second-order valence-electron chi connectivity index (χ2n) is 8.29. The molecule has 2 nitrogen and oxygen atoms in total. The van der Waals surface area contributed by atoms with Crippen molar-refractivity contribution in [3.63, 3.8) is 0 Å². The Balaban J connectivity index is 0.000000245. The molecule has 0 bridgehead atoms. The molecule has 0 amide bonds. The molecule has 0 saturated heterocycles. The molecule has 0 N–H and O–H groups in total. The standard InChI is InChI=1S/C14H11BClF3.C12H22N2/c16-13-7-2-1-6-12(13)15-9-10-4-3-5-11(8-10)14(17,18)19;1-3-4-5-6-7-8-9-14-11-13-10-12(14)2/h1-8,15H,9H2;10-11H,3-9H2,1-2H3. The van der Waals surface area contributed by atoms with Gasteiger partial charge < -0.3 is 4.57 Å². The van der Waals surface area contributed by atoms with E-state index < -0.39 is 11.7 Å². The molecule has 0 saturated carbocycles. The molecular weight excluding hydrogens is 444 g/mol. The Bertz CT molecular complexity index is 956. The van der Waals surface area contributed by atoms with Crippen LogP contribution < -0.4 is 5.46 Å². The topological polar surface area (TPSA) is 17.8 Å². The molecule has 0 aliphatic heterocycles. The zero-order valence-electron chi connectivity index (χ0n) is 19.5. The predicted molar refractivity (Wildman–Crippen MR) is 134 cm³/mol. The SMILES string of the molecule is CCCCCCCCn1cncc1C.FC(F)(F)c1cccc(CBc2ccccc2Cl)c1. The molecule has 33 heavy (non-hydrogen) atoms. The van der Waals surface area contributed by atoms with Crippen molar-refractivity contribution in [3.05, 3.63) is 82.9 Å². The minimum absolute atomic E-state index is 0.535. The third kappa shape index (κ3) is 10.1. The highest BCUT2D eigenvalue weighted by atomic mass is 35.5. The van der Waals surface area contributed by atoms with Gasteiger partial charge in [-0.25, -0.2) is 4.98 Å². The minimum atomic E-state index is -4.29. The van der Waals surface area contributed by atoms with E-state index in [4.69, 9.17) is 11.6 Å². The van der Waals surface area contributed by atoms with Crippen molar-refractivity contribution in [2.45, 2.75) is 71.4 Å². The van der Waals surface area contributed by atoms with Crippen LogP contribution in [0.25, 0.3) is 0 Å². The summed E-state index contributed by atoms with van der Waals surface area (Å²) in [6.07, 6.45) is 8.27. The third-order valence-electron chi connectivity index (χ3n) is 5.57. The fraction of sp³-hybridized carbons (Fsp3) is 0.423. The Morgan fingerprint density at radius 1 is 0.970 bits per heavy atom. The highest BCUT2D eigenvalue weighted by Gasteiger charge is 2.30. The van der Waals surface area contributed by atoms with Crippen LogP contribution >= 0.6 is 11.6 Å². The fourth-order valence-corrected chi connectivity index (χ4v) is 3.80. The van der Waals surface area contributed by atoms with Crippen LogP contribution in [-0.2, 0) is 19.0 Å². The van der Waals surface area contributed by atoms with Gasteiger partial charge >= 0.3 is 6.18 Å². The Labute approximate surface area is 201 Å². The molecule has 178 valence electrons. The highest BCUT2D eigenvalue weighted by Crippen LogP contribution is 2.29. The number of unbranched alkanes of at least 4 members (excludes halogenated alkanes) is 5. The molecule has 0 spiro atoms. The van der Waals surface area contributed by atoms with Gasteiger partial charge in [0, 0.05) is 23.5 Å². The summed E-state index contributed by atoms with van der Waals surface area (Å²) in [5, 5.41) is 0.648. The van der Waals surface area contributed by atoms with Gasteiger partial charge in [0.25, 0.3) is 0 Å². The van der Waals surface area contributed by atoms with Crippen molar-refractivity contribution in [1.82, 2.24) is 9.55 Å². The first-order valence-corrected chi connectivity index (χ1v) is 12.0. The van der Waals surface area contributed by atoms with Crippen molar-refractivity contribution in [3.8, 4) is 0 Å². The predicted octanol–water partition coefficient (Wildman–Crippen LogP) is 7.17. The Morgan fingerprint density at radius 2 is 1.70 bits per heavy atom. The summed E-state index contributed by atoms with van der Waals surface area (Å²) in [5.41, 5.74) is 2.28. The van der Waals surface area contributed by atoms with E-state index in [1.807, 2.05) is 30.7 Å². The maximum atomic E-state index is 12.6. The molecule has 2 aromatic carbocycles. The molecule has 0 aliphatic rings. The lowest BCUT2D eigenvalue weighted by Crippen LogP contribution is -2.18. The van der Waals surface area contributed by atoms with Crippen LogP contribution in [0.2, 0.25) is 5.02 Å². The van der Waals surface area contributed by atoms with Gasteiger partial charge in [0.05, 0.1) is 11.9 Å². The van der Waals surface area contributed by atoms with Crippen LogP contribution in [0.4, 0.5) is 13.2 Å². The van der Waals surface area contributed by atoms with Crippen molar-refractivity contribution in [1.29, 1.82) is 0 Å². The molecule has 0 aliphatic carbocycles. The smallest absolute Gasteiger partial charge is 0.335 e. The van der Waals surface area contributed by atoms with Crippen molar-refractivity contribution >= 4 is 24.3 Å². The Hall–Kier alpha value is -2.21. The number of hydrogen-bond donors (Lipinski definition) is 0. The van der Waals surface area contributed by atoms with Crippen LogP contribution in [0.15, 0.2) is 61.1 Å². The van der Waals surface area contributed by atoms with Gasteiger partial charge in [0.2, 0.25) is 0 Å². The zero-order valence-corrected chi connectivity index (χ0v) is 20.3. The first kappa shape index (κ1) is 27.0. The van der Waals surface area contributed by atoms with Crippen LogP contribution in [0.3, 0.4) is 0 Å². The van der Waals surface area contributed by atoms with Crippen LogP contribution in [0.1, 0.15) is 62.3 Å². The van der Waals surface area contributed by atoms with Crippen molar-refractivity contribution in [2.24, 2.45) is 0 Å². The molecule has 7 heteroatoms. The molecular formula is C26H33BClF3N2. The van der Waals surface area contributed by atoms with Crippen LogP contribution in [-0.4, -0.2) is 16.8 Å². The van der Waals surface area contributed by atoms with E-state index in [0.29, 0.717) is 24.2 Å². The highest BCUT2D eigenvalue weighted by molar-refractivity contribution is 6.58. The number of imidazole rings is 1. The van der Waals surface area contributed by atoms with E-state index in [0.717, 1.165) is 18.1 Å². The number of halogens is 4. The van der Waals surface area contributed by atoms with E-state index in [9.17, 15) is 13.2 Å². The van der Waals surface area contributed by atoms with Crippen LogP contribution in [0, 0.1) is 6.92 Å². The molecule has 3 aromatic rings. The number of aryl methyl sites for hydroxylation is 2. The first-order chi connectivity index (χ1) is 15.8. The number of rotatable bonds is 10. The van der Waals surface area contributed by atoms with Gasteiger partial charge in [-0.05, 0) is 31.8 Å². The van der Waals surface area contributed by atoms with E-state index in [1.54, 1.807) is 12.1 Å². The largest absolute Gasteiger partial charge is 0.416 e. The summed E-state index contributed by atoms with van der Waals surface area (Å²) >= 11 is 6.01. The monoisotopic (exact) mass is 476 g/mol. The van der Waals surface area contributed by atoms with Gasteiger partial charge in [-0.15, -0.1) is 0 Å². The minimum Gasteiger partial charge on any atom is -0.335 e. The molecule has 3 rings (SSSR count). The average molecular weight is 477 g/mol. The maximum Gasteiger partial charge on any atom is 0.416 e. The number of aromatic nitrogens is 2. The average Bonchev–Trinajstić information content (AvgIpc) is 3.20. The van der Waals surface area contributed by atoms with Gasteiger partial charge in [0.1, 0.15) is 0 Å². The van der Waals surface area contributed by atoms with Gasteiger partial charge in [-0.2, -0.15) is 13.2 Å². The van der Waals surface area contributed by atoms with Gasteiger partial charge in [0.15, 0.2) is 7.28 Å². The normalized spacial score (nSPS) is 11.1. The number of nitrogens with zero attached hydrogens (tertiary/aromatic N) is 2. The second kappa shape index (κ2) is 14.1. The summed E-state index contributed by atoms with van der Waals surface area (Å²) in [6.45, 7) is 5.51. The molecule has 0 fully saturated rings. The Morgan fingerprint density at radius 3 is 2.36 bits per heavy atom. The van der Waals surface area contributed by atoms with E-state index in [2.05, 4.69) is 23.4 Å². The summed E-state index contributed by atoms with van der Waals surface area (Å²) in [7, 11) is 0.626. The Kier molecular flexibility index (Phi) is 11.6. The molecule has 0 unspecified atom stereocenters. The molecule has 1 heterocycles. The summed E-state index contributed by atoms with van der Waals surface area (Å²) in [5.74, 6) is 0. The maximum absolute atomic E-state index is 12.6. The lowest BCUT2D eigenvalue weighted by atomic mass is 9.65. The van der Waals surface area contributed by atoms with E-state index in [-0.39, 0.29) is 0 Å². The molecule has 0 atom stereocenters. The van der Waals surface area contributed by atoms with Crippen molar-refractivity contribution in [2.75, 3.05) is 0 Å². The van der Waals surface area contributed by atoms with E-state index in [1.165, 1.54) is 56.4 Å². The summed E-state index contributed by atoms with van der Waals surface area (Å²) < 4.78 is 40.0.